The van der Waals surface area contributed by atoms with Gasteiger partial charge in [-0.15, -0.1) is 0 Å². The second-order valence-corrected chi connectivity index (χ2v) is 2.47. The van der Waals surface area contributed by atoms with Crippen LogP contribution in [0.4, 0.5) is 0 Å². The predicted molar refractivity (Wildman–Crippen MR) is 42.4 cm³/mol. The third-order valence-corrected chi connectivity index (χ3v) is 1.71. The molecule has 0 atom stereocenters. The van der Waals surface area contributed by atoms with Gasteiger partial charge >= 0.3 is 0 Å². The molecule has 0 spiro atoms. The van der Waals surface area contributed by atoms with Crippen molar-refractivity contribution in [3.05, 3.63) is 7.43 Å². The summed E-state index contributed by atoms with van der Waals surface area (Å²) in [6, 6.07) is 0. The first-order valence-corrected chi connectivity index (χ1v) is 3.21. The third-order valence-electron chi connectivity index (χ3n) is 1.71. The van der Waals surface area contributed by atoms with E-state index in [0.29, 0.717) is 0 Å². The maximum atomic E-state index is 8.35. The quantitative estimate of drug-likeness (QED) is 0.409. The van der Waals surface area contributed by atoms with Gasteiger partial charge in [0.1, 0.15) is 0 Å². The normalized spacial score (nSPS) is 18.1. The van der Waals surface area contributed by atoms with Crippen LogP contribution in [-0.2, 0) is 21.1 Å². The molecule has 4 heteroatoms. The fourth-order valence-corrected chi connectivity index (χ4v) is 0.977. The number of oxime groups is 1. The van der Waals surface area contributed by atoms with Crippen molar-refractivity contribution in [3.63, 3.8) is 0 Å². The molecule has 0 amide bonds. The van der Waals surface area contributed by atoms with Crippen molar-refractivity contribution in [1.82, 2.24) is 4.90 Å². The standard InChI is InChI=1S/C6H12N2O.CH3.W/c1-8-4-2-6(7-9)3-5-8;;/h9H,2-5H2,1H3;1H3;/q;-1;. The van der Waals surface area contributed by atoms with E-state index in [-0.39, 0.29) is 28.5 Å². The van der Waals surface area contributed by atoms with Crippen LogP contribution in [0, 0.1) is 7.43 Å². The van der Waals surface area contributed by atoms with Gasteiger partial charge in [0.25, 0.3) is 0 Å². The molecule has 0 bridgehead atoms. The zero-order chi connectivity index (χ0) is 6.69. The van der Waals surface area contributed by atoms with Gasteiger partial charge in [0.2, 0.25) is 0 Å². The molecular weight excluding hydrogens is 312 g/mol. The van der Waals surface area contributed by atoms with Gasteiger partial charge in [0.15, 0.2) is 0 Å². The number of nitrogens with zero attached hydrogens (tertiary/aromatic N) is 2. The molecule has 1 N–H and O–H groups in total. The molecule has 1 heterocycles. The first kappa shape index (κ1) is 13.7. The van der Waals surface area contributed by atoms with Crippen LogP contribution in [0.3, 0.4) is 0 Å². The second kappa shape index (κ2) is 6.81. The average Bonchev–Trinajstić information content (AvgIpc) is 1.90. The second-order valence-electron chi connectivity index (χ2n) is 2.47. The van der Waals surface area contributed by atoms with Gasteiger partial charge in [0.05, 0.1) is 5.71 Å². The molecule has 0 saturated carbocycles. The number of rotatable bonds is 0. The van der Waals surface area contributed by atoms with Gasteiger partial charge in [-0.2, -0.15) is 0 Å². The molecule has 0 unspecified atom stereocenters. The predicted octanol–water partition coefficient (Wildman–Crippen LogP) is 0.990. The molecule has 0 aromatic rings. The number of piperidine rings is 1. The molecule has 1 rings (SSSR count). The minimum atomic E-state index is 0. The molecule has 11 heavy (non-hydrogen) atoms. The third kappa shape index (κ3) is 4.54. The Hall–Kier alpha value is 0.118. The van der Waals surface area contributed by atoms with Crippen LogP contribution in [0.15, 0.2) is 5.16 Å². The Morgan fingerprint density at radius 3 is 2.18 bits per heavy atom. The van der Waals surface area contributed by atoms with Gasteiger partial charge in [0, 0.05) is 47.0 Å². The number of hydrogen-bond acceptors (Lipinski definition) is 3. The molecule has 0 radical (unpaired) electrons. The van der Waals surface area contributed by atoms with E-state index >= 15 is 0 Å². The van der Waals surface area contributed by atoms with Crippen LogP contribution in [0.2, 0.25) is 0 Å². The molecule has 3 nitrogen and oxygen atoms in total. The van der Waals surface area contributed by atoms with Crippen LogP contribution < -0.4 is 0 Å². The van der Waals surface area contributed by atoms with Crippen molar-refractivity contribution in [1.29, 1.82) is 0 Å². The summed E-state index contributed by atoms with van der Waals surface area (Å²) >= 11 is 0. The van der Waals surface area contributed by atoms with E-state index in [2.05, 4.69) is 17.1 Å². The SMILES string of the molecule is CN1CCC(=NO)CC1.[CH3-].[W]. The van der Waals surface area contributed by atoms with E-state index in [4.69, 9.17) is 5.21 Å². The molecule has 66 valence electrons. The molecular formula is C7H15N2OW-. The van der Waals surface area contributed by atoms with Crippen LogP contribution >= 0.6 is 0 Å². The summed E-state index contributed by atoms with van der Waals surface area (Å²) in [6.45, 7) is 2.05. The summed E-state index contributed by atoms with van der Waals surface area (Å²) in [5, 5.41) is 11.5. The molecule has 1 aliphatic rings. The Morgan fingerprint density at radius 2 is 1.82 bits per heavy atom. The number of hydrogen-bond donors (Lipinski definition) is 1. The first-order valence-electron chi connectivity index (χ1n) is 3.21. The summed E-state index contributed by atoms with van der Waals surface area (Å²) in [5.74, 6) is 0. The van der Waals surface area contributed by atoms with E-state index in [9.17, 15) is 0 Å². The van der Waals surface area contributed by atoms with E-state index in [1.807, 2.05) is 0 Å². The summed E-state index contributed by atoms with van der Waals surface area (Å²) < 4.78 is 0. The van der Waals surface area contributed by atoms with Gasteiger partial charge < -0.3 is 17.5 Å². The Labute approximate surface area is 82.7 Å². The minimum Gasteiger partial charge on any atom is -0.411 e. The molecule has 0 aromatic heterocycles. The zero-order valence-corrected chi connectivity index (χ0v) is 10.0. The Kier molecular flexibility index (Phi) is 8.47. The molecule has 1 fully saturated rings. The van der Waals surface area contributed by atoms with Gasteiger partial charge in [-0.25, -0.2) is 0 Å². The molecule has 0 aliphatic carbocycles. The van der Waals surface area contributed by atoms with E-state index < -0.39 is 0 Å². The summed E-state index contributed by atoms with van der Waals surface area (Å²) in [5.41, 5.74) is 0.938. The molecule has 1 aliphatic heterocycles. The van der Waals surface area contributed by atoms with Gasteiger partial charge in [-0.3, -0.25) is 0 Å². The molecule has 0 aromatic carbocycles. The summed E-state index contributed by atoms with van der Waals surface area (Å²) in [4.78, 5) is 2.23. The molecule has 1 saturated heterocycles. The largest absolute Gasteiger partial charge is 0.411 e. The maximum Gasteiger partial charge on any atom is 0.0596 e. The fourth-order valence-electron chi connectivity index (χ4n) is 0.977. The Morgan fingerprint density at radius 1 is 1.36 bits per heavy atom. The van der Waals surface area contributed by atoms with Crippen LogP contribution in [-0.4, -0.2) is 36.0 Å². The number of likely N-dealkylation sites (tertiary alicyclic amines) is 1. The van der Waals surface area contributed by atoms with Crippen molar-refractivity contribution in [2.75, 3.05) is 20.1 Å². The maximum absolute atomic E-state index is 8.35. The first-order chi connectivity index (χ1) is 4.33. The fraction of sp³-hybridized carbons (Fsp3) is 0.714. The van der Waals surface area contributed by atoms with Gasteiger partial charge in [-0.1, -0.05) is 5.16 Å². The average molecular weight is 327 g/mol. The van der Waals surface area contributed by atoms with Crippen LogP contribution in [0.25, 0.3) is 0 Å². The summed E-state index contributed by atoms with van der Waals surface area (Å²) in [6.07, 6.45) is 1.85. The Bertz CT molecular complexity index is 118. The smallest absolute Gasteiger partial charge is 0.0596 e. The van der Waals surface area contributed by atoms with Crippen molar-refractivity contribution < 1.29 is 26.3 Å². The van der Waals surface area contributed by atoms with E-state index in [1.54, 1.807) is 0 Å². The van der Waals surface area contributed by atoms with Crippen molar-refractivity contribution in [2.24, 2.45) is 5.16 Å². The Balaban J connectivity index is 0. The van der Waals surface area contributed by atoms with Crippen LogP contribution in [0.1, 0.15) is 12.8 Å². The van der Waals surface area contributed by atoms with Gasteiger partial charge in [-0.05, 0) is 7.05 Å². The van der Waals surface area contributed by atoms with E-state index in [1.165, 1.54) is 0 Å². The van der Waals surface area contributed by atoms with Crippen LogP contribution in [0.5, 0.6) is 0 Å². The summed E-state index contributed by atoms with van der Waals surface area (Å²) in [7, 11) is 2.08. The van der Waals surface area contributed by atoms with Crippen molar-refractivity contribution in [3.8, 4) is 0 Å². The van der Waals surface area contributed by atoms with E-state index in [0.717, 1.165) is 31.6 Å². The monoisotopic (exact) mass is 327 g/mol. The zero-order valence-electron chi connectivity index (χ0n) is 7.08. The van der Waals surface area contributed by atoms with Crippen molar-refractivity contribution in [2.45, 2.75) is 12.8 Å². The topological polar surface area (TPSA) is 35.8 Å². The minimum absolute atomic E-state index is 0. The van der Waals surface area contributed by atoms with Crippen molar-refractivity contribution >= 4 is 5.71 Å².